The zero-order chi connectivity index (χ0) is 13.2. The van der Waals surface area contributed by atoms with Crippen molar-refractivity contribution in [3.63, 3.8) is 0 Å². The molecule has 2 aromatic rings. The maximum absolute atomic E-state index is 5.88. The van der Waals surface area contributed by atoms with Crippen LogP contribution in [0.5, 0.6) is 5.75 Å². The molecule has 1 aliphatic carbocycles. The van der Waals surface area contributed by atoms with Crippen LogP contribution in [0, 0.1) is 0 Å². The van der Waals surface area contributed by atoms with Gasteiger partial charge >= 0.3 is 0 Å². The van der Waals surface area contributed by atoms with E-state index >= 15 is 0 Å². The van der Waals surface area contributed by atoms with Gasteiger partial charge in [-0.05, 0) is 31.0 Å². The molecule has 0 unspecified atom stereocenters. The summed E-state index contributed by atoms with van der Waals surface area (Å²) in [5.41, 5.74) is 7.28. The highest BCUT2D eigenvalue weighted by molar-refractivity contribution is 5.65. The zero-order valence-corrected chi connectivity index (χ0v) is 10.9. The van der Waals surface area contributed by atoms with Crippen molar-refractivity contribution >= 4 is 5.69 Å². The summed E-state index contributed by atoms with van der Waals surface area (Å²) >= 11 is 0. The average Bonchev–Trinajstić information content (AvgIpc) is 3.09. The molecule has 0 saturated heterocycles. The van der Waals surface area contributed by atoms with Gasteiger partial charge in [0.1, 0.15) is 5.75 Å². The lowest BCUT2D eigenvalue weighted by Gasteiger charge is -2.04. The number of aromatic nitrogens is 2. The van der Waals surface area contributed by atoms with Crippen LogP contribution in [0.25, 0.3) is 11.5 Å². The fraction of sp³-hybridized carbons (Fsp3) is 0.429. The van der Waals surface area contributed by atoms with E-state index in [1.54, 1.807) is 13.2 Å². The normalized spacial score (nSPS) is 15.8. The summed E-state index contributed by atoms with van der Waals surface area (Å²) < 4.78 is 10.9. The van der Waals surface area contributed by atoms with Crippen LogP contribution in [0.2, 0.25) is 0 Å². The quantitative estimate of drug-likeness (QED) is 0.858. The first-order valence-corrected chi connectivity index (χ1v) is 6.55. The van der Waals surface area contributed by atoms with Crippen LogP contribution in [0.3, 0.4) is 0 Å². The zero-order valence-electron chi connectivity index (χ0n) is 10.9. The third-order valence-corrected chi connectivity index (χ3v) is 3.62. The maximum Gasteiger partial charge on any atom is 0.247 e. The molecule has 0 atom stereocenters. The summed E-state index contributed by atoms with van der Waals surface area (Å²) in [6.07, 6.45) is 4.79. The molecule has 100 valence electrons. The van der Waals surface area contributed by atoms with Gasteiger partial charge in [-0.1, -0.05) is 12.8 Å². The number of nitrogen functional groups attached to an aromatic ring is 1. The lowest BCUT2D eigenvalue weighted by molar-refractivity contribution is 0.417. The van der Waals surface area contributed by atoms with E-state index < -0.39 is 0 Å². The van der Waals surface area contributed by atoms with E-state index in [2.05, 4.69) is 10.2 Å². The van der Waals surface area contributed by atoms with Crippen molar-refractivity contribution < 1.29 is 9.15 Å². The van der Waals surface area contributed by atoms with E-state index in [-0.39, 0.29) is 0 Å². The van der Waals surface area contributed by atoms with Crippen molar-refractivity contribution in [1.82, 2.24) is 10.2 Å². The van der Waals surface area contributed by atoms with Crippen LogP contribution < -0.4 is 10.5 Å². The molecule has 2 N–H and O–H groups in total. The summed E-state index contributed by atoms with van der Waals surface area (Å²) in [7, 11) is 1.59. The van der Waals surface area contributed by atoms with Crippen molar-refractivity contribution in [2.24, 2.45) is 0 Å². The maximum atomic E-state index is 5.88. The summed E-state index contributed by atoms with van der Waals surface area (Å²) in [6, 6.07) is 5.48. The van der Waals surface area contributed by atoms with E-state index in [1.807, 2.05) is 12.1 Å². The molecule has 0 radical (unpaired) electrons. The van der Waals surface area contributed by atoms with Crippen molar-refractivity contribution in [1.29, 1.82) is 0 Å². The summed E-state index contributed by atoms with van der Waals surface area (Å²) in [5.74, 6) is 2.36. The average molecular weight is 259 g/mol. The summed E-state index contributed by atoms with van der Waals surface area (Å²) in [6.45, 7) is 0. The second-order valence-electron chi connectivity index (χ2n) is 4.88. The smallest absolute Gasteiger partial charge is 0.247 e. The standard InChI is InChI=1S/C14H17N3O2/c1-18-12-7-6-10(8-11(12)15)14-17-16-13(19-14)9-4-2-3-5-9/h6-9H,2-5,15H2,1H3. The first-order chi connectivity index (χ1) is 9.28. The van der Waals surface area contributed by atoms with E-state index in [0.29, 0.717) is 23.2 Å². The molecule has 0 bridgehead atoms. The Morgan fingerprint density at radius 3 is 2.74 bits per heavy atom. The van der Waals surface area contributed by atoms with Crippen molar-refractivity contribution in [2.45, 2.75) is 31.6 Å². The van der Waals surface area contributed by atoms with Crippen LogP contribution in [0.4, 0.5) is 5.69 Å². The van der Waals surface area contributed by atoms with Gasteiger partial charge in [-0.2, -0.15) is 0 Å². The predicted molar refractivity (Wildman–Crippen MR) is 71.9 cm³/mol. The largest absolute Gasteiger partial charge is 0.495 e. The Labute approximate surface area is 111 Å². The highest BCUT2D eigenvalue weighted by Crippen LogP contribution is 2.35. The lowest BCUT2D eigenvalue weighted by atomic mass is 10.1. The number of anilines is 1. The van der Waals surface area contributed by atoms with E-state index in [9.17, 15) is 0 Å². The highest BCUT2D eigenvalue weighted by Gasteiger charge is 2.23. The molecular weight excluding hydrogens is 242 g/mol. The van der Waals surface area contributed by atoms with Gasteiger partial charge in [0.25, 0.3) is 0 Å². The van der Waals surface area contributed by atoms with Gasteiger partial charge in [0, 0.05) is 11.5 Å². The van der Waals surface area contributed by atoms with Gasteiger partial charge in [0.2, 0.25) is 11.8 Å². The number of hydrogen-bond acceptors (Lipinski definition) is 5. The Hall–Kier alpha value is -2.04. The third kappa shape index (κ3) is 2.28. The third-order valence-electron chi connectivity index (χ3n) is 3.62. The summed E-state index contributed by atoms with van der Waals surface area (Å²) in [5, 5.41) is 8.27. The minimum Gasteiger partial charge on any atom is -0.495 e. The molecule has 0 aliphatic heterocycles. The molecule has 3 rings (SSSR count). The van der Waals surface area contributed by atoms with Crippen molar-refractivity contribution in [3.8, 4) is 17.2 Å². The number of hydrogen-bond donors (Lipinski definition) is 1. The molecule has 1 heterocycles. The topological polar surface area (TPSA) is 74.2 Å². The molecular formula is C14H17N3O2. The fourth-order valence-electron chi connectivity index (χ4n) is 2.56. The number of benzene rings is 1. The second kappa shape index (κ2) is 4.91. The first-order valence-electron chi connectivity index (χ1n) is 6.55. The Bertz CT molecular complexity index is 574. The molecule has 0 amide bonds. The molecule has 1 saturated carbocycles. The second-order valence-corrected chi connectivity index (χ2v) is 4.88. The van der Waals surface area contributed by atoms with Crippen LogP contribution in [-0.4, -0.2) is 17.3 Å². The van der Waals surface area contributed by atoms with E-state index in [0.717, 1.165) is 24.3 Å². The molecule has 19 heavy (non-hydrogen) atoms. The molecule has 5 nitrogen and oxygen atoms in total. The van der Waals surface area contributed by atoms with Crippen LogP contribution in [0.15, 0.2) is 22.6 Å². The predicted octanol–water partition coefficient (Wildman–Crippen LogP) is 2.99. The SMILES string of the molecule is COc1ccc(-c2nnc(C3CCCC3)o2)cc1N. The molecule has 1 aromatic carbocycles. The number of nitrogens with zero attached hydrogens (tertiary/aromatic N) is 2. The Morgan fingerprint density at radius 1 is 1.26 bits per heavy atom. The summed E-state index contributed by atoms with van der Waals surface area (Å²) in [4.78, 5) is 0. The molecule has 5 heteroatoms. The van der Waals surface area contributed by atoms with Gasteiger partial charge in [0.15, 0.2) is 0 Å². The van der Waals surface area contributed by atoms with Gasteiger partial charge in [-0.3, -0.25) is 0 Å². The Morgan fingerprint density at radius 2 is 2.05 bits per heavy atom. The Kier molecular flexibility index (Phi) is 3.11. The van der Waals surface area contributed by atoms with Crippen LogP contribution in [-0.2, 0) is 0 Å². The first kappa shape index (κ1) is 12.0. The minimum atomic E-state index is 0.428. The molecule has 1 fully saturated rings. The number of methoxy groups -OCH3 is 1. The van der Waals surface area contributed by atoms with Gasteiger partial charge in [0.05, 0.1) is 12.8 Å². The molecule has 0 spiro atoms. The van der Waals surface area contributed by atoms with E-state index in [1.165, 1.54) is 12.8 Å². The van der Waals surface area contributed by atoms with Crippen LogP contribution >= 0.6 is 0 Å². The lowest BCUT2D eigenvalue weighted by Crippen LogP contribution is -1.92. The van der Waals surface area contributed by atoms with Crippen molar-refractivity contribution in [3.05, 3.63) is 24.1 Å². The molecule has 1 aromatic heterocycles. The Balaban J connectivity index is 1.87. The highest BCUT2D eigenvalue weighted by atomic mass is 16.5. The number of nitrogens with two attached hydrogens (primary N) is 1. The van der Waals surface area contributed by atoms with Gasteiger partial charge < -0.3 is 14.9 Å². The monoisotopic (exact) mass is 259 g/mol. The van der Waals surface area contributed by atoms with Gasteiger partial charge in [-0.25, -0.2) is 0 Å². The fourth-order valence-corrected chi connectivity index (χ4v) is 2.56. The number of rotatable bonds is 3. The van der Waals surface area contributed by atoms with Crippen molar-refractivity contribution in [2.75, 3.05) is 12.8 Å². The number of ether oxygens (including phenoxy) is 1. The van der Waals surface area contributed by atoms with Gasteiger partial charge in [-0.15, -0.1) is 10.2 Å². The van der Waals surface area contributed by atoms with Crippen LogP contribution in [0.1, 0.15) is 37.5 Å². The molecule has 1 aliphatic rings. The van der Waals surface area contributed by atoms with E-state index in [4.69, 9.17) is 14.9 Å². The minimum absolute atomic E-state index is 0.428.